The summed E-state index contributed by atoms with van der Waals surface area (Å²) >= 11 is 0. The molecule has 5 aliphatic rings. The van der Waals surface area contributed by atoms with E-state index in [4.69, 9.17) is 4.74 Å². The van der Waals surface area contributed by atoms with Gasteiger partial charge in [-0.15, -0.1) is 0 Å². The number of ether oxygens (including phenoxy) is 1. The highest BCUT2D eigenvalue weighted by molar-refractivity contribution is 6.03. The van der Waals surface area contributed by atoms with Crippen LogP contribution in [-0.2, 0) is 14.4 Å². The Kier molecular flexibility index (Phi) is 5.15. The van der Waals surface area contributed by atoms with Gasteiger partial charge in [-0.3, -0.25) is 19.3 Å². The van der Waals surface area contributed by atoms with Crippen LogP contribution in [0.15, 0.2) is 18.2 Å². The molecule has 4 fully saturated rings. The third kappa shape index (κ3) is 3.79. The zero-order valence-corrected chi connectivity index (χ0v) is 18.1. The van der Waals surface area contributed by atoms with E-state index in [1.54, 1.807) is 12.1 Å². The number of nitrogens with zero attached hydrogens (tertiary/aromatic N) is 1. The number of hydrogen-bond acceptors (Lipinski definition) is 4. The SMILES string of the molecule is CCCNC(=O)CN1C(=O)COc2ccc(NC(=O)C34CC5CC(CC(C5)C3)C4)cc21. The van der Waals surface area contributed by atoms with Gasteiger partial charge in [0.05, 0.1) is 11.1 Å². The fourth-order valence-electron chi connectivity index (χ4n) is 6.57. The Morgan fingerprint density at radius 3 is 2.45 bits per heavy atom. The summed E-state index contributed by atoms with van der Waals surface area (Å²) in [5.74, 6) is 2.29. The maximum Gasteiger partial charge on any atom is 0.265 e. The number of anilines is 2. The molecule has 0 radical (unpaired) electrons. The van der Waals surface area contributed by atoms with E-state index in [0.717, 1.165) is 25.7 Å². The van der Waals surface area contributed by atoms with E-state index in [0.29, 0.717) is 41.4 Å². The van der Waals surface area contributed by atoms with E-state index in [2.05, 4.69) is 10.6 Å². The number of hydrogen-bond donors (Lipinski definition) is 2. The number of benzene rings is 1. The lowest BCUT2D eigenvalue weighted by atomic mass is 9.49. The summed E-state index contributed by atoms with van der Waals surface area (Å²) in [5, 5.41) is 5.95. The average molecular weight is 426 g/mol. The van der Waals surface area contributed by atoms with Gasteiger partial charge in [-0.25, -0.2) is 0 Å². The molecule has 1 aliphatic heterocycles. The first-order valence-electron chi connectivity index (χ1n) is 11.6. The van der Waals surface area contributed by atoms with Gasteiger partial charge in [-0.2, -0.15) is 0 Å². The molecule has 31 heavy (non-hydrogen) atoms. The summed E-state index contributed by atoms with van der Waals surface area (Å²) in [7, 11) is 0. The lowest BCUT2D eigenvalue weighted by Gasteiger charge is -2.55. The second-order valence-electron chi connectivity index (χ2n) is 9.95. The van der Waals surface area contributed by atoms with Gasteiger partial charge in [0.25, 0.3) is 5.91 Å². The summed E-state index contributed by atoms with van der Waals surface area (Å²) < 4.78 is 5.55. The standard InChI is InChI=1S/C24H31N3O4/c1-2-5-25-21(28)13-27-19-9-18(3-4-20(19)31-14-22(27)29)26-23(30)24-10-15-6-16(11-24)8-17(7-15)12-24/h3-4,9,15-17H,2,5-8,10-14H2,1H3,(H,25,28)(H,26,30). The van der Waals surface area contributed by atoms with Crippen LogP contribution in [-0.4, -0.2) is 37.4 Å². The Morgan fingerprint density at radius 1 is 1.13 bits per heavy atom. The molecule has 0 atom stereocenters. The third-order valence-electron chi connectivity index (χ3n) is 7.55. The molecule has 4 aliphatic carbocycles. The molecule has 1 heterocycles. The van der Waals surface area contributed by atoms with Gasteiger partial charge < -0.3 is 15.4 Å². The zero-order chi connectivity index (χ0) is 21.6. The molecule has 7 heteroatoms. The first kappa shape index (κ1) is 20.3. The fourth-order valence-corrected chi connectivity index (χ4v) is 6.57. The van der Waals surface area contributed by atoms with Crippen LogP contribution in [0.3, 0.4) is 0 Å². The molecule has 1 aromatic rings. The van der Waals surface area contributed by atoms with Crippen molar-refractivity contribution in [3.05, 3.63) is 18.2 Å². The topological polar surface area (TPSA) is 87.7 Å². The van der Waals surface area contributed by atoms with Crippen molar-refractivity contribution in [1.82, 2.24) is 5.32 Å². The van der Waals surface area contributed by atoms with Crippen LogP contribution in [0, 0.1) is 23.2 Å². The van der Waals surface area contributed by atoms with Gasteiger partial charge in [0.2, 0.25) is 11.8 Å². The van der Waals surface area contributed by atoms with Gasteiger partial charge in [0.15, 0.2) is 6.61 Å². The Balaban J connectivity index is 1.34. The Labute approximate surface area is 182 Å². The van der Waals surface area contributed by atoms with Crippen molar-refractivity contribution in [2.75, 3.05) is 29.9 Å². The molecule has 3 amide bonds. The van der Waals surface area contributed by atoms with E-state index in [1.165, 1.54) is 24.2 Å². The molecule has 0 unspecified atom stereocenters. The van der Waals surface area contributed by atoms with Gasteiger partial charge >= 0.3 is 0 Å². The summed E-state index contributed by atoms with van der Waals surface area (Å²) in [6, 6.07) is 5.36. The quantitative estimate of drug-likeness (QED) is 0.733. The number of carbonyl (C=O) groups is 3. The average Bonchev–Trinajstić information content (AvgIpc) is 2.73. The van der Waals surface area contributed by atoms with Gasteiger partial charge in [0.1, 0.15) is 12.3 Å². The maximum absolute atomic E-state index is 13.4. The highest BCUT2D eigenvalue weighted by Gasteiger charge is 2.54. The second-order valence-corrected chi connectivity index (χ2v) is 9.95. The highest BCUT2D eigenvalue weighted by Crippen LogP contribution is 2.60. The lowest BCUT2D eigenvalue weighted by molar-refractivity contribution is -0.140. The predicted molar refractivity (Wildman–Crippen MR) is 117 cm³/mol. The van der Waals surface area contributed by atoms with Crippen molar-refractivity contribution >= 4 is 29.1 Å². The Bertz CT molecular complexity index is 877. The minimum atomic E-state index is -0.260. The second kappa shape index (κ2) is 7.84. The molecule has 0 saturated heterocycles. The molecule has 166 valence electrons. The van der Waals surface area contributed by atoms with E-state index in [1.807, 2.05) is 13.0 Å². The number of nitrogens with one attached hydrogen (secondary N) is 2. The summed E-state index contributed by atoms with van der Waals surface area (Å²) in [5.41, 5.74) is 0.944. The van der Waals surface area contributed by atoms with Crippen molar-refractivity contribution in [1.29, 1.82) is 0 Å². The molecular formula is C24H31N3O4. The molecule has 6 rings (SSSR count). The van der Waals surface area contributed by atoms with E-state index < -0.39 is 0 Å². The summed E-state index contributed by atoms with van der Waals surface area (Å²) in [4.78, 5) is 39.5. The molecule has 7 nitrogen and oxygen atoms in total. The van der Waals surface area contributed by atoms with Crippen molar-refractivity contribution in [2.45, 2.75) is 51.9 Å². The van der Waals surface area contributed by atoms with Crippen LogP contribution in [0.25, 0.3) is 0 Å². The van der Waals surface area contributed by atoms with Crippen LogP contribution >= 0.6 is 0 Å². The van der Waals surface area contributed by atoms with Crippen molar-refractivity contribution < 1.29 is 19.1 Å². The zero-order valence-electron chi connectivity index (χ0n) is 18.1. The molecule has 2 N–H and O–H groups in total. The molecule has 0 spiro atoms. The van der Waals surface area contributed by atoms with E-state index in [9.17, 15) is 14.4 Å². The summed E-state index contributed by atoms with van der Waals surface area (Å²) in [6.45, 7) is 2.41. The van der Waals surface area contributed by atoms with Crippen LogP contribution in [0.5, 0.6) is 5.75 Å². The largest absolute Gasteiger partial charge is 0.482 e. The minimum Gasteiger partial charge on any atom is -0.482 e. The molecule has 1 aromatic carbocycles. The van der Waals surface area contributed by atoms with Crippen molar-refractivity contribution in [2.24, 2.45) is 23.2 Å². The van der Waals surface area contributed by atoms with Crippen molar-refractivity contribution in [3.8, 4) is 5.75 Å². The molecular weight excluding hydrogens is 394 g/mol. The van der Waals surface area contributed by atoms with Crippen LogP contribution in [0.2, 0.25) is 0 Å². The van der Waals surface area contributed by atoms with Gasteiger partial charge in [-0.05, 0) is 80.9 Å². The minimum absolute atomic E-state index is 0.0540. The molecule has 0 aromatic heterocycles. The fraction of sp³-hybridized carbons (Fsp3) is 0.625. The predicted octanol–water partition coefficient (Wildman–Crippen LogP) is 3.09. The number of carbonyl (C=O) groups excluding carboxylic acids is 3. The number of amides is 3. The molecule has 4 saturated carbocycles. The Morgan fingerprint density at radius 2 is 1.81 bits per heavy atom. The van der Waals surface area contributed by atoms with E-state index in [-0.39, 0.29) is 36.3 Å². The van der Waals surface area contributed by atoms with Gasteiger partial charge in [-0.1, -0.05) is 6.92 Å². The first-order chi connectivity index (χ1) is 15.0. The third-order valence-corrected chi connectivity index (χ3v) is 7.55. The first-order valence-corrected chi connectivity index (χ1v) is 11.6. The molecule has 4 bridgehead atoms. The Hall–Kier alpha value is -2.57. The monoisotopic (exact) mass is 425 g/mol. The van der Waals surface area contributed by atoms with Crippen LogP contribution < -0.4 is 20.3 Å². The number of fused-ring (bicyclic) bond motifs is 1. The van der Waals surface area contributed by atoms with Crippen molar-refractivity contribution in [3.63, 3.8) is 0 Å². The lowest BCUT2D eigenvalue weighted by Crippen LogP contribution is -2.51. The van der Waals surface area contributed by atoms with Gasteiger partial charge in [0, 0.05) is 12.2 Å². The number of rotatable bonds is 6. The highest BCUT2D eigenvalue weighted by atomic mass is 16.5. The van der Waals surface area contributed by atoms with Crippen LogP contribution in [0.1, 0.15) is 51.9 Å². The van der Waals surface area contributed by atoms with E-state index >= 15 is 0 Å². The maximum atomic E-state index is 13.4. The van der Waals surface area contributed by atoms with Crippen LogP contribution in [0.4, 0.5) is 11.4 Å². The smallest absolute Gasteiger partial charge is 0.265 e. The summed E-state index contributed by atoms with van der Waals surface area (Å²) in [6.07, 6.45) is 7.71. The normalized spacial score (nSPS) is 30.5.